The monoisotopic (exact) mass is 466 g/mol. The average Bonchev–Trinajstić information content (AvgIpc) is 3.29. The fourth-order valence-corrected chi connectivity index (χ4v) is 4.95. The van der Waals surface area contributed by atoms with Crippen molar-refractivity contribution >= 4 is 5.65 Å². The summed E-state index contributed by atoms with van der Waals surface area (Å²) in [5.41, 5.74) is 2.70. The lowest BCUT2D eigenvalue weighted by molar-refractivity contribution is -0.0506. The second kappa shape index (κ2) is 8.09. The number of alkyl halides is 2. The lowest BCUT2D eigenvalue weighted by Gasteiger charge is -2.23. The Bertz CT molecular complexity index is 1370. The van der Waals surface area contributed by atoms with Gasteiger partial charge in [-0.15, -0.1) is 0 Å². The summed E-state index contributed by atoms with van der Waals surface area (Å²) in [6.45, 7) is -2.97. The van der Waals surface area contributed by atoms with Crippen LogP contribution in [0, 0.1) is 5.82 Å². The third kappa shape index (κ3) is 3.42. The molecule has 9 heteroatoms. The minimum Gasteiger partial charge on any atom is -0.435 e. The van der Waals surface area contributed by atoms with Gasteiger partial charge in [0.25, 0.3) is 0 Å². The van der Waals surface area contributed by atoms with Gasteiger partial charge in [-0.2, -0.15) is 8.78 Å². The summed E-state index contributed by atoms with van der Waals surface area (Å²) < 4.78 is 47.5. The Morgan fingerprint density at radius 2 is 1.88 bits per heavy atom. The zero-order valence-electron chi connectivity index (χ0n) is 18.0. The highest BCUT2D eigenvalue weighted by molar-refractivity contribution is 5.65. The highest BCUT2D eigenvalue weighted by Crippen LogP contribution is 2.47. The third-order valence-electron chi connectivity index (χ3n) is 6.84. The predicted molar refractivity (Wildman–Crippen MR) is 117 cm³/mol. The largest absolute Gasteiger partial charge is 0.435 e. The highest BCUT2D eigenvalue weighted by atomic mass is 19.3. The molecule has 2 aliphatic carbocycles. The van der Waals surface area contributed by atoms with E-state index in [-0.39, 0.29) is 12.2 Å². The van der Waals surface area contributed by atoms with E-state index in [9.17, 15) is 13.9 Å². The van der Waals surface area contributed by atoms with E-state index in [1.807, 2.05) is 0 Å². The van der Waals surface area contributed by atoms with Gasteiger partial charge in [-0.3, -0.25) is 0 Å². The van der Waals surface area contributed by atoms with Gasteiger partial charge in [0.15, 0.2) is 0 Å². The van der Waals surface area contributed by atoms with Crippen LogP contribution in [0.4, 0.5) is 13.2 Å². The molecule has 0 saturated heterocycles. The minimum absolute atomic E-state index is 0.0415. The van der Waals surface area contributed by atoms with Crippen LogP contribution in [0.1, 0.15) is 66.4 Å². The number of hydrogen-bond acceptors (Lipinski definition) is 5. The Kier molecular flexibility index (Phi) is 5.02. The number of benzene rings is 1. The zero-order valence-corrected chi connectivity index (χ0v) is 18.0. The Hall–Kier alpha value is -3.46. The molecule has 34 heavy (non-hydrogen) atoms. The standard InChI is InChI=1S/C25H21F3N4O2/c26-18-9-21-31-22-19(33)8-16(15-6-1-2-7-20(15)34-25(27)28)23(22)32(21)12-17(18)14-10-29-24(30-11-14)13-4-3-5-13/h1-2,6-7,9-13,16,19,25,33H,3-5,8H2/t16-,19-/m1/s1. The van der Waals surface area contributed by atoms with E-state index in [2.05, 4.69) is 15.0 Å². The number of hydrogen-bond donors (Lipinski definition) is 1. The van der Waals surface area contributed by atoms with Crippen LogP contribution >= 0.6 is 0 Å². The normalized spacial score (nSPS) is 20.0. The zero-order chi connectivity index (χ0) is 23.4. The van der Waals surface area contributed by atoms with E-state index in [0.717, 1.165) is 18.7 Å². The van der Waals surface area contributed by atoms with E-state index in [4.69, 9.17) is 4.74 Å². The molecule has 0 unspecified atom stereocenters. The molecule has 2 aliphatic rings. The number of pyridine rings is 1. The summed E-state index contributed by atoms with van der Waals surface area (Å²) in [4.78, 5) is 13.3. The molecule has 0 bridgehead atoms. The van der Waals surface area contributed by atoms with Crippen molar-refractivity contribution in [1.82, 2.24) is 19.4 Å². The van der Waals surface area contributed by atoms with Crippen molar-refractivity contribution in [2.45, 2.75) is 50.2 Å². The number of aliphatic hydroxyl groups excluding tert-OH is 1. The van der Waals surface area contributed by atoms with Crippen LogP contribution in [0.25, 0.3) is 16.8 Å². The smallest absolute Gasteiger partial charge is 0.387 e. The molecule has 0 spiro atoms. The maximum atomic E-state index is 15.1. The van der Waals surface area contributed by atoms with Crippen molar-refractivity contribution in [2.24, 2.45) is 0 Å². The first-order chi connectivity index (χ1) is 16.5. The van der Waals surface area contributed by atoms with Crippen LogP contribution in [0.3, 0.4) is 0 Å². The molecule has 1 N–H and O–H groups in total. The first-order valence-electron chi connectivity index (χ1n) is 11.2. The van der Waals surface area contributed by atoms with E-state index >= 15 is 4.39 Å². The van der Waals surface area contributed by atoms with Gasteiger partial charge in [-0.1, -0.05) is 24.6 Å². The number of fused-ring (bicyclic) bond motifs is 3. The molecule has 3 heterocycles. The second-order valence-corrected chi connectivity index (χ2v) is 8.82. The van der Waals surface area contributed by atoms with E-state index in [0.29, 0.717) is 39.6 Å². The maximum Gasteiger partial charge on any atom is 0.387 e. The molecule has 6 rings (SSSR count). The number of ether oxygens (including phenoxy) is 1. The number of rotatable bonds is 5. The Balaban J connectivity index is 1.45. The Morgan fingerprint density at radius 3 is 2.59 bits per heavy atom. The predicted octanol–water partition coefficient (Wildman–Crippen LogP) is 5.37. The van der Waals surface area contributed by atoms with Crippen LogP contribution in [-0.4, -0.2) is 31.1 Å². The molecular weight excluding hydrogens is 445 g/mol. The molecule has 0 amide bonds. The van der Waals surface area contributed by atoms with Gasteiger partial charge in [0.05, 0.1) is 17.5 Å². The van der Waals surface area contributed by atoms with Gasteiger partial charge in [0.1, 0.15) is 23.0 Å². The van der Waals surface area contributed by atoms with Gasteiger partial charge in [0, 0.05) is 53.2 Å². The molecule has 2 atom stereocenters. The molecule has 1 aromatic carbocycles. The average molecular weight is 466 g/mol. The highest BCUT2D eigenvalue weighted by Gasteiger charge is 2.37. The molecule has 174 valence electrons. The summed E-state index contributed by atoms with van der Waals surface area (Å²) in [6.07, 6.45) is 7.53. The molecule has 1 fully saturated rings. The summed E-state index contributed by atoms with van der Waals surface area (Å²) in [7, 11) is 0. The van der Waals surface area contributed by atoms with Crippen LogP contribution in [0.2, 0.25) is 0 Å². The fourth-order valence-electron chi connectivity index (χ4n) is 4.95. The van der Waals surface area contributed by atoms with Gasteiger partial charge in [-0.05, 0) is 25.3 Å². The Morgan fingerprint density at radius 1 is 1.12 bits per heavy atom. The first-order valence-corrected chi connectivity index (χ1v) is 11.2. The summed E-state index contributed by atoms with van der Waals surface area (Å²) in [5.74, 6) is 0.254. The summed E-state index contributed by atoms with van der Waals surface area (Å²) >= 11 is 0. The number of para-hydroxylation sites is 1. The number of nitrogens with zero attached hydrogens (tertiary/aromatic N) is 4. The van der Waals surface area contributed by atoms with Crippen molar-refractivity contribution in [1.29, 1.82) is 0 Å². The first kappa shape index (κ1) is 21.1. The SMILES string of the molecule is O[C@@H]1C[C@H](c2ccccc2OC(F)F)c2c1nc1cc(F)c(-c3cnc(C4CCC4)nc3)cn21. The number of halogens is 3. The van der Waals surface area contributed by atoms with Crippen LogP contribution in [0.5, 0.6) is 5.75 Å². The number of aromatic nitrogens is 4. The topological polar surface area (TPSA) is 72.5 Å². The summed E-state index contributed by atoms with van der Waals surface area (Å²) in [5, 5.41) is 10.7. The fraction of sp³-hybridized carbons (Fsp3) is 0.320. The summed E-state index contributed by atoms with van der Waals surface area (Å²) in [6, 6.07) is 7.82. The van der Waals surface area contributed by atoms with Crippen LogP contribution in [-0.2, 0) is 0 Å². The molecule has 0 radical (unpaired) electrons. The lowest BCUT2D eigenvalue weighted by atomic mass is 9.85. The van der Waals surface area contributed by atoms with E-state index < -0.39 is 24.5 Å². The number of imidazole rings is 1. The maximum absolute atomic E-state index is 15.1. The minimum atomic E-state index is -2.97. The van der Waals surface area contributed by atoms with Crippen LogP contribution < -0.4 is 4.74 Å². The quantitative estimate of drug-likeness (QED) is 0.428. The molecule has 3 aromatic heterocycles. The lowest BCUT2D eigenvalue weighted by Crippen LogP contribution is -2.12. The second-order valence-electron chi connectivity index (χ2n) is 8.82. The van der Waals surface area contributed by atoms with E-state index in [1.165, 1.54) is 18.6 Å². The van der Waals surface area contributed by atoms with Crippen molar-refractivity contribution in [3.63, 3.8) is 0 Å². The van der Waals surface area contributed by atoms with E-state index in [1.54, 1.807) is 41.2 Å². The Labute approximate surface area is 193 Å². The van der Waals surface area contributed by atoms with Gasteiger partial charge < -0.3 is 14.2 Å². The van der Waals surface area contributed by atoms with Crippen LogP contribution in [0.15, 0.2) is 48.9 Å². The van der Waals surface area contributed by atoms with Crippen molar-refractivity contribution in [3.8, 4) is 16.9 Å². The van der Waals surface area contributed by atoms with Crippen molar-refractivity contribution in [2.75, 3.05) is 0 Å². The third-order valence-corrected chi connectivity index (χ3v) is 6.84. The number of aliphatic hydroxyl groups is 1. The van der Waals surface area contributed by atoms with Gasteiger partial charge in [-0.25, -0.2) is 19.3 Å². The van der Waals surface area contributed by atoms with Gasteiger partial charge in [0.2, 0.25) is 0 Å². The molecule has 0 aliphatic heterocycles. The van der Waals surface area contributed by atoms with Crippen molar-refractivity contribution in [3.05, 3.63) is 77.5 Å². The van der Waals surface area contributed by atoms with Crippen molar-refractivity contribution < 1.29 is 23.0 Å². The molecular formula is C25H21F3N4O2. The van der Waals surface area contributed by atoms with Gasteiger partial charge >= 0.3 is 6.61 Å². The molecule has 4 aromatic rings. The molecule has 1 saturated carbocycles. The molecule has 6 nitrogen and oxygen atoms in total.